The third-order valence-corrected chi connectivity index (χ3v) is 5.15. The summed E-state index contributed by atoms with van der Waals surface area (Å²) in [5.41, 5.74) is 4.17. The van der Waals surface area contributed by atoms with Gasteiger partial charge in [-0.25, -0.2) is 0 Å². The first-order valence-electron chi connectivity index (χ1n) is 8.02. The summed E-state index contributed by atoms with van der Waals surface area (Å²) in [6.07, 6.45) is 2.71. The second-order valence-electron chi connectivity index (χ2n) is 6.87. The lowest BCUT2D eigenvalue weighted by Crippen LogP contribution is -2.28. The SMILES string of the molecule is Cc1ccc2cc(CN3CCC4(CCNC4)C3)ccc2n1.Cl. The number of pyridine rings is 1. The maximum absolute atomic E-state index is 4.58. The van der Waals surface area contributed by atoms with E-state index >= 15 is 0 Å². The van der Waals surface area contributed by atoms with Gasteiger partial charge in [0.1, 0.15) is 0 Å². The molecule has 1 unspecified atom stereocenters. The molecule has 2 fully saturated rings. The third-order valence-electron chi connectivity index (χ3n) is 5.15. The van der Waals surface area contributed by atoms with Crippen LogP contribution in [0.4, 0.5) is 0 Å². The number of likely N-dealkylation sites (tertiary alicyclic amines) is 1. The van der Waals surface area contributed by atoms with E-state index in [-0.39, 0.29) is 12.4 Å². The van der Waals surface area contributed by atoms with Crippen molar-refractivity contribution >= 4 is 23.3 Å². The summed E-state index contributed by atoms with van der Waals surface area (Å²) in [5.74, 6) is 0. The van der Waals surface area contributed by atoms with Gasteiger partial charge in [-0.1, -0.05) is 12.1 Å². The second-order valence-corrected chi connectivity index (χ2v) is 6.87. The normalized spacial score (nSPS) is 25.0. The van der Waals surface area contributed by atoms with E-state index in [0.29, 0.717) is 5.41 Å². The highest BCUT2D eigenvalue weighted by atomic mass is 35.5. The Labute approximate surface area is 138 Å². The Kier molecular flexibility index (Phi) is 4.40. The fraction of sp³-hybridized carbons (Fsp3) is 0.500. The van der Waals surface area contributed by atoms with Gasteiger partial charge < -0.3 is 5.32 Å². The van der Waals surface area contributed by atoms with Crippen LogP contribution in [-0.4, -0.2) is 36.1 Å². The minimum absolute atomic E-state index is 0. The largest absolute Gasteiger partial charge is 0.316 e. The summed E-state index contributed by atoms with van der Waals surface area (Å²) >= 11 is 0. The molecular formula is C18H24ClN3. The number of aryl methyl sites for hydroxylation is 1. The van der Waals surface area contributed by atoms with Gasteiger partial charge in [0.05, 0.1) is 5.52 Å². The number of aromatic nitrogens is 1. The Morgan fingerprint density at radius 1 is 1.23 bits per heavy atom. The number of nitrogens with one attached hydrogen (secondary N) is 1. The van der Waals surface area contributed by atoms with Crippen LogP contribution in [0.3, 0.4) is 0 Å². The van der Waals surface area contributed by atoms with Gasteiger partial charge in [0.15, 0.2) is 0 Å². The van der Waals surface area contributed by atoms with E-state index < -0.39 is 0 Å². The average Bonchev–Trinajstić information content (AvgIpc) is 3.10. The Morgan fingerprint density at radius 3 is 2.95 bits per heavy atom. The first-order chi connectivity index (χ1) is 10.2. The van der Waals surface area contributed by atoms with Crippen LogP contribution >= 0.6 is 12.4 Å². The maximum atomic E-state index is 4.58. The highest BCUT2D eigenvalue weighted by Gasteiger charge is 2.39. The quantitative estimate of drug-likeness (QED) is 0.922. The smallest absolute Gasteiger partial charge is 0.0705 e. The molecule has 2 saturated heterocycles. The molecule has 1 spiro atoms. The Hall–Kier alpha value is -1.16. The predicted octanol–water partition coefficient (Wildman–Crippen LogP) is 3.15. The lowest BCUT2D eigenvalue weighted by molar-refractivity contribution is 0.269. The number of nitrogens with zero attached hydrogens (tertiary/aromatic N) is 2. The summed E-state index contributed by atoms with van der Waals surface area (Å²) in [7, 11) is 0. The van der Waals surface area contributed by atoms with Crippen molar-refractivity contribution in [2.75, 3.05) is 26.2 Å². The molecule has 0 radical (unpaired) electrons. The van der Waals surface area contributed by atoms with Gasteiger partial charge in [-0.05, 0) is 62.0 Å². The van der Waals surface area contributed by atoms with Crippen molar-refractivity contribution in [3.63, 3.8) is 0 Å². The van der Waals surface area contributed by atoms with Crippen LogP contribution in [0.5, 0.6) is 0 Å². The van der Waals surface area contributed by atoms with Crippen molar-refractivity contribution in [2.24, 2.45) is 5.41 Å². The lowest BCUT2D eigenvalue weighted by atomic mass is 9.86. The van der Waals surface area contributed by atoms with Crippen LogP contribution in [0.2, 0.25) is 0 Å². The van der Waals surface area contributed by atoms with Crippen LogP contribution in [0.25, 0.3) is 10.9 Å². The fourth-order valence-electron chi connectivity index (χ4n) is 3.94. The molecule has 0 aliphatic carbocycles. The van der Waals surface area contributed by atoms with Gasteiger partial charge in [-0.2, -0.15) is 0 Å². The van der Waals surface area contributed by atoms with Crippen molar-refractivity contribution in [3.8, 4) is 0 Å². The van der Waals surface area contributed by atoms with Gasteiger partial charge in [0, 0.05) is 30.7 Å². The van der Waals surface area contributed by atoms with Crippen molar-refractivity contribution < 1.29 is 0 Å². The molecule has 0 saturated carbocycles. The Balaban J connectivity index is 0.00000144. The van der Waals surface area contributed by atoms with E-state index in [4.69, 9.17) is 0 Å². The fourth-order valence-corrected chi connectivity index (χ4v) is 3.94. The van der Waals surface area contributed by atoms with Crippen LogP contribution in [-0.2, 0) is 6.54 Å². The van der Waals surface area contributed by atoms with Crippen molar-refractivity contribution in [1.82, 2.24) is 15.2 Å². The summed E-state index contributed by atoms with van der Waals surface area (Å²) in [6, 6.07) is 11.0. The van der Waals surface area contributed by atoms with Gasteiger partial charge in [-0.15, -0.1) is 12.4 Å². The second kappa shape index (κ2) is 6.15. The third kappa shape index (κ3) is 2.98. The van der Waals surface area contributed by atoms with Crippen molar-refractivity contribution in [1.29, 1.82) is 0 Å². The highest BCUT2D eigenvalue weighted by Crippen LogP contribution is 2.36. The molecule has 2 aliphatic rings. The average molecular weight is 318 g/mol. The van der Waals surface area contributed by atoms with Crippen LogP contribution in [0.15, 0.2) is 30.3 Å². The molecule has 4 heteroatoms. The molecule has 1 aromatic heterocycles. The number of halogens is 1. The van der Waals surface area contributed by atoms with Gasteiger partial charge in [0.2, 0.25) is 0 Å². The molecule has 2 aromatic rings. The van der Waals surface area contributed by atoms with E-state index in [1.54, 1.807) is 0 Å². The van der Waals surface area contributed by atoms with Gasteiger partial charge in [0.25, 0.3) is 0 Å². The minimum atomic E-state index is 0. The van der Waals surface area contributed by atoms with Crippen LogP contribution < -0.4 is 5.32 Å². The van der Waals surface area contributed by atoms with E-state index in [1.807, 2.05) is 6.92 Å². The molecule has 3 heterocycles. The number of hydrogen-bond donors (Lipinski definition) is 1. The number of hydrogen-bond acceptors (Lipinski definition) is 3. The zero-order chi connectivity index (χ0) is 14.3. The Morgan fingerprint density at radius 2 is 2.14 bits per heavy atom. The molecule has 1 aromatic carbocycles. The van der Waals surface area contributed by atoms with Crippen LogP contribution in [0, 0.1) is 12.3 Å². The van der Waals surface area contributed by atoms with Crippen molar-refractivity contribution in [2.45, 2.75) is 26.3 Å². The highest BCUT2D eigenvalue weighted by molar-refractivity contribution is 5.85. The van der Waals surface area contributed by atoms with Gasteiger partial charge >= 0.3 is 0 Å². The molecule has 0 bridgehead atoms. The molecule has 4 rings (SSSR count). The summed E-state index contributed by atoms with van der Waals surface area (Å²) in [6.45, 7) is 8.04. The number of rotatable bonds is 2. The first kappa shape index (κ1) is 15.7. The topological polar surface area (TPSA) is 28.2 Å². The molecule has 1 atom stereocenters. The number of fused-ring (bicyclic) bond motifs is 1. The summed E-state index contributed by atoms with van der Waals surface area (Å²) in [5, 5.41) is 4.79. The molecule has 2 aliphatic heterocycles. The minimum Gasteiger partial charge on any atom is -0.316 e. The van der Waals surface area contributed by atoms with E-state index in [0.717, 1.165) is 17.8 Å². The Bertz CT molecular complexity index is 664. The summed E-state index contributed by atoms with van der Waals surface area (Å²) in [4.78, 5) is 7.21. The zero-order valence-electron chi connectivity index (χ0n) is 13.1. The van der Waals surface area contributed by atoms with Gasteiger partial charge in [-0.3, -0.25) is 9.88 Å². The summed E-state index contributed by atoms with van der Waals surface area (Å²) < 4.78 is 0. The van der Waals surface area contributed by atoms with Crippen LogP contribution in [0.1, 0.15) is 24.1 Å². The van der Waals surface area contributed by atoms with E-state index in [9.17, 15) is 0 Å². The maximum Gasteiger partial charge on any atom is 0.0705 e. The number of benzene rings is 1. The molecule has 0 amide bonds. The molecule has 22 heavy (non-hydrogen) atoms. The van der Waals surface area contributed by atoms with Crippen molar-refractivity contribution in [3.05, 3.63) is 41.6 Å². The predicted molar refractivity (Wildman–Crippen MR) is 93.5 cm³/mol. The lowest BCUT2D eigenvalue weighted by Gasteiger charge is -2.22. The monoisotopic (exact) mass is 317 g/mol. The zero-order valence-corrected chi connectivity index (χ0v) is 14.0. The molecule has 3 nitrogen and oxygen atoms in total. The van der Waals surface area contributed by atoms with E-state index in [1.165, 1.54) is 50.0 Å². The van der Waals surface area contributed by atoms with E-state index in [2.05, 4.69) is 45.5 Å². The standard InChI is InChI=1S/C18H23N3.ClH/c1-14-2-4-16-10-15(3-5-17(16)20-14)11-21-9-7-18(13-21)6-8-19-12-18;/h2-5,10,19H,6-9,11-13H2,1H3;1H. The molecular weight excluding hydrogens is 294 g/mol. The molecule has 118 valence electrons. The molecule has 1 N–H and O–H groups in total. The first-order valence-corrected chi connectivity index (χ1v) is 8.02.